The van der Waals surface area contributed by atoms with Gasteiger partial charge in [-0.25, -0.2) is 18.3 Å². The SMILES string of the molecule is CCC[C@@H]1c2c(cc(C(=O)OCC)nc2-c2cccc(-c3cccnc3)c2)CN1[S@](=O)C(C)(C)C. The third-order valence-corrected chi connectivity index (χ3v) is 7.92. The van der Waals surface area contributed by atoms with E-state index in [2.05, 4.69) is 22.3 Å². The molecule has 0 spiro atoms. The van der Waals surface area contributed by atoms with Gasteiger partial charge in [0.25, 0.3) is 0 Å². The van der Waals surface area contributed by atoms with Crippen molar-refractivity contribution in [3.63, 3.8) is 0 Å². The highest BCUT2D eigenvalue weighted by molar-refractivity contribution is 7.84. The van der Waals surface area contributed by atoms with Crippen LogP contribution in [0.15, 0.2) is 54.9 Å². The lowest BCUT2D eigenvalue weighted by molar-refractivity contribution is 0.0519. The van der Waals surface area contributed by atoms with E-state index in [-0.39, 0.29) is 18.3 Å². The second-order valence-corrected chi connectivity index (χ2v) is 11.9. The fraction of sp³-hybridized carbons (Fsp3) is 0.393. The highest BCUT2D eigenvalue weighted by atomic mass is 32.2. The maximum Gasteiger partial charge on any atom is 0.356 e. The van der Waals surface area contributed by atoms with Gasteiger partial charge in [0.05, 0.1) is 23.1 Å². The van der Waals surface area contributed by atoms with E-state index in [1.165, 1.54) is 0 Å². The van der Waals surface area contributed by atoms with E-state index in [0.717, 1.165) is 46.4 Å². The summed E-state index contributed by atoms with van der Waals surface area (Å²) in [5.74, 6) is -0.442. The third kappa shape index (κ3) is 5.21. The molecule has 2 aromatic heterocycles. The quantitative estimate of drug-likeness (QED) is 0.373. The number of carbonyl (C=O) groups is 1. The molecule has 0 saturated heterocycles. The van der Waals surface area contributed by atoms with Gasteiger partial charge in [-0.3, -0.25) is 4.98 Å². The smallest absolute Gasteiger partial charge is 0.356 e. The average Bonchev–Trinajstić information content (AvgIpc) is 3.21. The van der Waals surface area contributed by atoms with Crippen LogP contribution >= 0.6 is 0 Å². The summed E-state index contributed by atoms with van der Waals surface area (Å²) in [6, 6.07) is 13.9. The average molecular weight is 492 g/mol. The zero-order valence-corrected chi connectivity index (χ0v) is 21.9. The summed E-state index contributed by atoms with van der Waals surface area (Å²) in [4.78, 5) is 21.8. The second-order valence-electron chi connectivity index (χ2n) is 9.71. The first-order chi connectivity index (χ1) is 16.7. The fourth-order valence-electron chi connectivity index (χ4n) is 4.53. The van der Waals surface area contributed by atoms with Gasteiger partial charge in [0.1, 0.15) is 16.7 Å². The van der Waals surface area contributed by atoms with Gasteiger partial charge in [-0.15, -0.1) is 0 Å². The van der Waals surface area contributed by atoms with Crippen LogP contribution in [0.5, 0.6) is 0 Å². The molecule has 184 valence electrons. The lowest BCUT2D eigenvalue weighted by Crippen LogP contribution is -2.36. The molecule has 0 amide bonds. The number of pyridine rings is 2. The Bertz CT molecular complexity index is 1240. The van der Waals surface area contributed by atoms with Crippen LogP contribution in [0, 0.1) is 0 Å². The molecule has 7 heteroatoms. The summed E-state index contributed by atoms with van der Waals surface area (Å²) in [6.45, 7) is 10.7. The number of carbonyl (C=O) groups excluding carboxylic acids is 1. The van der Waals surface area contributed by atoms with Crippen LogP contribution in [0.4, 0.5) is 0 Å². The minimum Gasteiger partial charge on any atom is -0.461 e. The van der Waals surface area contributed by atoms with Crippen molar-refractivity contribution >= 4 is 17.0 Å². The predicted octanol–water partition coefficient (Wildman–Crippen LogP) is 6.11. The molecule has 0 N–H and O–H groups in total. The molecule has 1 aromatic carbocycles. The van der Waals surface area contributed by atoms with E-state index >= 15 is 0 Å². The van der Waals surface area contributed by atoms with Crippen LogP contribution in [-0.2, 0) is 22.3 Å². The minimum absolute atomic E-state index is 0.0455. The molecule has 0 radical (unpaired) electrons. The first-order valence-electron chi connectivity index (χ1n) is 12.1. The van der Waals surface area contributed by atoms with Crippen LogP contribution in [0.1, 0.15) is 75.1 Å². The predicted molar refractivity (Wildman–Crippen MR) is 140 cm³/mol. The van der Waals surface area contributed by atoms with Gasteiger partial charge in [0.2, 0.25) is 0 Å². The highest BCUT2D eigenvalue weighted by Gasteiger charge is 2.40. The maximum atomic E-state index is 13.5. The van der Waals surface area contributed by atoms with Crippen molar-refractivity contribution in [2.24, 2.45) is 0 Å². The number of ether oxygens (including phenoxy) is 1. The van der Waals surface area contributed by atoms with Crippen molar-refractivity contribution in [2.45, 2.75) is 64.8 Å². The van der Waals surface area contributed by atoms with Crippen LogP contribution in [0.2, 0.25) is 0 Å². The Kier molecular flexibility index (Phi) is 7.47. The standard InChI is InChI=1S/C28H33N3O3S/c1-6-10-24-25-22(18-31(24)35(33)28(3,4)5)16-23(27(32)34-7-2)30-26(25)20-12-8-11-19(15-20)21-13-9-14-29-17-21/h8-9,11-17,24H,6-7,10,18H2,1-5H3/t24-,35-/m1/s1. The number of fused-ring (bicyclic) bond motifs is 1. The van der Waals surface area contributed by atoms with Gasteiger partial charge in [-0.2, -0.15) is 0 Å². The van der Waals surface area contributed by atoms with Gasteiger partial charge >= 0.3 is 5.97 Å². The number of hydrogen-bond acceptors (Lipinski definition) is 5. The zero-order chi connectivity index (χ0) is 25.2. The molecule has 0 unspecified atom stereocenters. The fourth-order valence-corrected chi connectivity index (χ4v) is 5.93. The normalized spacial score (nSPS) is 16.7. The number of hydrogen-bond donors (Lipinski definition) is 0. The minimum atomic E-state index is -1.21. The summed E-state index contributed by atoms with van der Waals surface area (Å²) < 4.78 is 20.5. The van der Waals surface area contributed by atoms with Gasteiger partial charge in [0.15, 0.2) is 0 Å². The first kappa shape index (κ1) is 25.2. The molecule has 4 rings (SSSR count). The van der Waals surface area contributed by atoms with Crippen molar-refractivity contribution in [2.75, 3.05) is 6.61 Å². The first-order valence-corrected chi connectivity index (χ1v) is 13.3. The van der Waals surface area contributed by atoms with Crippen LogP contribution in [-0.4, -0.2) is 35.8 Å². The number of benzene rings is 1. The van der Waals surface area contributed by atoms with Crippen LogP contribution in [0.25, 0.3) is 22.4 Å². The molecule has 0 aliphatic carbocycles. The van der Waals surface area contributed by atoms with E-state index in [1.807, 2.05) is 63.4 Å². The van der Waals surface area contributed by atoms with Gasteiger partial charge in [0, 0.05) is 35.6 Å². The zero-order valence-electron chi connectivity index (χ0n) is 21.1. The van der Waals surface area contributed by atoms with E-state index in [9.17, 15) is 9.00 Å². The molecule has 2 atom stereocenters. The third-order valence-electron chi connectivity index (χ3n) is 6.07. The van der Waals surface area contributed by atoms with Crippen molar-refractivity contribution in [1.82, 2.24) is 14.3 Å². The Morgan fingerprint density at radius 1 is 1.11 bits per heavy atom. The molecular weight excluding hydrogens is 458 g/mol. The molecule has 6 nitrogen and oxygen atoms in total. The molecular formula is C28H33N3O3S. The van der Waals surface area contributed by atoms with E-state index in [4.69, 9.17) is 9.72 Å². The maximum absolute atomic E-state index is 13.5. The monoisotopic (exact) mass is 491 g/mol. The molecule has 35 heavy (non-hydrogen) atoms. The second kappa shape index (κ2) is 10.4. The van der Waals surface area contributed by atoms with E-state index in [1.54, 1.807) is 13.1 Å². The van der Waals surface area contributed by atoms with Gasteiger partial charge < -0.3 is 4.74 Å². The molecule has 1 aliphatic heterocycles. The van der Waals surface area contributed by atoms with Crippen molar-refractivity contribution in [3.05, 3.63) is 71.7 Å². The number of nitrogens with zero attached hydrogens (tertiary/aromatic N) is 3. The molecule has 3 aromatic rings. The number of rotatable bonds is 7. The lowest BCUT2D eigenvalue weighted by atomic mass is 9.94. The Labute approximate surface area is 210 Å². The molecule has 0 saturated carbocycles. The van der Waals surface area contributed by atoms with Gasteiger partial charge in [-0.05, 0) is 63.4 Å². The Balaban J connectivity index is 1.90. The Morgan fingerprint density at radius 2 is 1.86 bits per heavy atom. The Hall–Kier alpha value is -2.90. The Morgan fingerprint density at radius 3 is 2.51 bits per heavy atom. The largest absolute Gasteiger partial charge is 0.461 e. The summed E-state index contributed by atoms with van der Waals surface area (Å²) >= 11 is 0. The van der Waals surface area contributed by atoms with Crippen molar-refractivity contribution < 1.29 is 13.7 Å². The van der Waals surface area contributed by atoms with Crippen molar-refractivity contribution in [3.8, 4) is 22.4 Å². The van der Waals surface area contributed by atoms with E-state index in [0.29, 0.717) is 6.54 Å². The summed E-state index contributed by atoms with van der Waals surface area (Å²) in [5, 5.41) is 0. The van der Waals surface area contributed by atoms with E-state index < -0.39 is 21.7 Å². The number of esters is 1. The topological polar surface area (TPSA) is 72.4 Å². The molecule has 3 heterocycles. The van der Waals surface area contributed by atoms with Gasteiger partial charge in [-0.1, -0.05) is 37.6 Å². The van der Waals surface area contributed by atoms with Crippen LogP contribution in [0.3, 0.4) is 0 Å². The summed E-state index contributed by atoms with van der Waals surface area (Å²) in [7, 11) is -1.21. The molecule has 1 aliphatic rings. The molecule has 0 fully saturated rings. The van der Waals surface area contributed by atoms with Crippen LogP contribution < -0.4 is 0 Å². The molecule has 0 bridgehead atoms. The summed E-state index contributed by atoms with van der Waals surface area (Å²) in [5.41, 5.74) is 6.02. The highest BCUT2D eigenvalue weighted by Crippen LogP contribution is 2.44. The number of aromatic nitrogens is 2. The summed E-state index contributed by atoms with van der Waals surface area (Å²) in [6.07, 6.45) is 5.38. The lowest BCUT2D eigenvalue weighted by Gasteiger charge is -2.30. The van der Waals surface area contributed by atoms with Crippen molar-refractivity contribution in [1.29, 1.82) is 0 Å².